The molecule has 0 saturated heterocycles. The number of halogens is 3. The number of aromatic amines is 1. The molecule has 0 aliphatic carbocycles. The average molecular weight is 327 g/mol. The number of aromatic nitrogens is 3. The van der Waals surface area contributed by atoms with E-state index in [1.54, 1.807) is 42.5 Å². The molecule has 2 aromatic heterocycles. The van der Waals surface area contributed by atoms with E-state index in [-0.39, 0.29) is 5.56 Å². The maximum atomic E-state index is 13.6. The van der Waals surface area contributed by atoms with E-state index in [4.69, 9.17) is 0 Å². The van der Waals surface area contributed by atoms with Crippen molar-refractivity contribution >= 4 is 10.9 Å². The molecule has 0 fully saturated rings. The summed E-state index contributed by atoms with van der Waals surface area (Å²) in [7, 11) is 0. The van der Waals surface area contributed by atoms with Gasteiger partial charge in [0, 0.05) is 16.5 Å². The molecule has 24 heavy (non-hydrogen) atoms. The SMILES string of the molecule is FC(F)(F)c1[nH]c2ccccc2c1-c1ccnn1-c1ccccc1. The fraction of sp³-hybridized carbons (Fsp3) is 0.0556. The zero-order valence-electron chi connectivity index (χ0n) is 12.4. The second-order valence-corrected chi connectivity index (χ2v) is 5.38. The highest BCUT2D eigenvalue weighted by Gasteiger charge is 2.37. The van der Waals surface area contributed by atoms with Gasteiger partial charge in [0.2, 0.25) is 0 Å². The molecule has 0 saturated carbocycles. The molecule has 120 valence electrons. The molecule has 3 nitrogen and oxygen atoms in total. The van der Waals surface area contributed by atoms with Crippen LogP contribution in [0.15, 0.2) is 66.9 Å². The summed E-state index contributed by atoms with van der Waals surface area (Å²) in [5.41, 5.74) is 0.892. The van der Waals surface area contributed by atoms with E-state index in [1.807, 2.05) is 18.2 Å². The maximum absolute atomic E-state index is 13.6. The summed E-state index contributed by atoms with van der Waals surface area (Å²) >= 11 is 0. The number of para-hydroxylation sites is 2. The van der Waals surface area contributed by atoms with E-state index < -0.39 is 11.9 Å². The number of hydrogen-bond acceptors (Lipinski definition) is 1. The number of fused-ring (bicyclic) bond motifs is 1. The standard InChI is InChI=1S/C18H12F3N3/c19-18(20,21)17-16(13-8-4-5-9-14(13)23-17)15-10-11-22-24(15)12-6-2-1-3-7-12/h1-11,23H. The molecule has 2 aromatic carbocycles. The summed E-state index contributed by atoms with van der Waals surface area (Å²) < 4.78 is 42.2. The van der Waals surface area contributed by atoms with E-state index in [1.165, 1.54) is 10.9 Å². The number of benzene rings is 2. The lowest BCUT2D eigenvalue weighted by Crippen LogP contribution is -2.08. The molecule has 0 bridgehead atoms. The molecule has 2 heterocycles. The third kappa shape index (κ3) is 2.27. The van der Waals surface area contributed by atoms with Crippen LogP contribution in [0.3, 0.4) is 0 Å². The largest absolute Gasteiger partial charge is 0.431 e. The Labute approximate surface area is 135 Å². The zero-order chi connectivity index (χ0) is 16.7. The second kappa shape index (κ2) is 5.26. The molecule has 0 aliphatic rings. The highest BCUT2D eigenvalue weighted by molar-refractivity contribution is 5.97. The van der Waals surface area contributed by atoms with Gasteiger partial charge in [-0.3, -0.25) is 0 Å². The molecule has 6 heteroatoms. The molecule has 0 amide bonds. The molecule has 0 spiro atoms. The van der Waals surface area contributed by atoms with Crippen LogP contribution in [0.5, 0.6) is 0 Å². The minimum Gasteiger partial charge on any atom is -0.350 e. The molecular formula is C18H12F3N3. The first kappa shape index (κ1) is 14.6. The van der Waals surface area contributed by atoms with Crippen molar-refractivity contribution < 1.29 is 13.2 Å². The number of hydrogen-bond donors (Lipinski definition) is 1. The third-order valence-corrected chi connectivity index (χ3v) is 3.89. The van der Waals surface area contributed by atoms with Gasteiger partial charge in [-0.2, -0.15) is 18.3 Å². The number of rotatable bonds is 2. The first-order valence-electron chi connectivity index (χ1n) is 7.33. The van der Waals surface area contributed by atoms with E-state index >= 15 is 0 Å². The van der Waals surface area contributed by atoms with Crippen molar-refractivity contribution in [3.05, 3.63) is 72.6 Å². The lowest BCUT2D eigenvalue weighted by molar-refractivity contribution is -0.140. The Hall–Kier alpha value is -3.02. The van der Waals surface area contributed by atoms with Gasteiger partial charge in [-0.1, -0.05) is 36.4 Å². The summed E-state index contributed by atoms with van der Waals surface area (Å²) in [4.78, 5) is 2.50. The second-order valence-electron chi connectivity index (χ2n) is 5.38. The minimum absolute atomic E-state index is 0.111. The van der Waals surface area contributed by atoms with Gasteiger partial charge < -0.3 is 4.98 Å². The fourth-order valence-electron chi connectivity index (χ4n) is 2.89. The van der Waals surface area contributed by atoms with Crippen LogP contribution in [-0.2, 0) is 6.18 Å². The number of nitrogens with zero attached hydrogens (tertiary/aromatic N) is 2. The molecular weight excluding hydrogens is 315 g/mol. The summed E-state index contributed by atoms with van der Waals surface area (Å²) in [5.74, 6) is 0. The molecule has 0 unspecified atom stereocenters. The van der Waals surface area contributed by atoms with Crippen molar-refractivity contribution in [1.82, 2.24) is 14.8 Å². The van der Waals surface area contributed by atoms with Crippen molar-refractivity contribution in [3.8, 4) is 16.9 Å². The predicted molar refractivity (Wildman–Crippen MR) is 85.9 cm³/mol. The average Bonchev–Trinajstić information content (AvgIpc) is 3.19. The summed E-state index contributed by atoms with van der Waals surface area (Å²) in [6.07, 6.45) is -2.98. The Kier molecular flexibility index (Phi) is 3.19. The summed E-state index contributed by atoms with van der Waals surface area (Å²) in [6, 6.07) is 17.4. The van der Waals surface area contributed by atoms with Crippen molar-refractivity contribution in [2.24, 2.45) is 0 Å². The molecule has 4 rings (SSSR count). The van der Waals surface area contributed by atoms with Gasteiger partial charge in [0.25, 0.3) is 0 Å². The highest BCUT2D eigenvalue weighted by Crippen LogP contribution is 2.41. The highest BCUT2D eigenvalue weighted by atomic mass is 19.4. The van der Waals surface area contributed by atoms with Crippen LogP contribution < -0.4 is 0 Å². The van der Waals surface area contributed by atoms with Gasteiger partial charge in [-0.15, -0.1) is 0 Å². The summed E-state index contributed by atoms with van der Waals surface area (Å²) in [6.45, 7) is 0. The minimum atomic E-state index is -4.49. The van der Waals surface area contributed by atoms with Gasteiger partial charge in [-0.05, 0) is 24.3 Å². The Bertz CT molecular complexity index is 997. The molecule has 4 aromatic rings. The molecule has 0 aliphatic heterocycles. The maximum Gasteiger partial charge on any atom is 0.431 e. The molecule has 0 radical (unpaired) electrons. The van der Waals surface area contributed by atoms with Crippen LogP contribution in [0.2, 0.25) is 0 Å². The van der Waals surface area contributed by atoms with Crippen molar-refractivity contribution in [2.75, 3.05) is 0 Å². The van der Waals surface area contributed by atoms with Crippen LogP contribution >= 0.6 is 0 Å². The van der Waals surface area contributed by atoms with Gasteiger partial charge >= 0.3 is 6.18 Å². The van der Waals surface area contributed by atoms with Gasteiger partial charge in [0.1, 0.15) is 5.69 Å². The van der Waals surface area contributed by atoms with Crippen LogP contribution in [-0.4, -0.2) is 14.8 Å². The smallest absolute Gasteiger partial charge is 0.350 e. The van der Waals surface area contributed by atoms with Crippen molar-refractivity contribution in [1.29, 1.82) is 0 Å². The van der Waals surface area contributed by atoms with Crippen LogP contribution in [0.1, 0.15) is 5.69 Å². The van der Waals surface area contributed by atoms with Gasteiger partial charge in [-0.25, -0.2) is 4.68 Å². The third-order valence-electron chi connectivity index (χ3n) is 3.89. The Morgan fingerprint density at radius 1 is 0.875 bits per heavy atom. The first-order chi connectivity index (χ1) is 11.6. The Morgan fingerprint density at radius 3 is 2.33 bits per heavy atom. The van der Waals surface area contributed by atoms with Crippen LogP contribution in [0.25, 0.3) is 27.8 Å². The Balaban J connectivity index is 2.03. The lowest BCUT2D eigenvalue weighted by Gasteiger charge is -2.11. The molecule has 0 atom stereocenters. The van der Waals surface area contributed by atoms with Crippen LogP contribution in [0, 0.1) is 0 Å². The van der Waals surface area contributed by atoms with E-state index in [9.17, 15) is 13.2 Å². The van der Waals surface area contributed by atoms with Crippen molar-refractivity contribution in [3.63, 3.8) is 0 Å². The topological polar surface area (TPSA) is 33.6 Å². The number of nitrogens with one attached hydrogen (secondary N) is 1. The summed E-state index contributed by atoms with van der Waals surface area (Å²) in [5, 5.41) is 4.72. The first-order valence-corrected chi connectivity index (χ1v) is 7.33. The molecule has 1 N–H and O–H groups in total. The number of H-pyrrole nitrogens is 1. The van der Waals surface area contributed by atoms with Gasteiger partial charge in [0.05, 0.1) is 17.6 Å². The lowest BCUT2D eigenvalue weighted by atomic mass is 10.1. The van der Waals surface area contributed by atoms with Gasteiger partial charge in [0.15, 0.2) is 0 Å². The zero-order valence-corrected chi connectivity index (χ0v) is 12.4. The predicted octanol–water partition coefficient (Wildman–Crippen LogP) is 5.04. The monoisotopic (exact) mass is 327 g/mol. The Morgan fingerprint density at radius 2 is 1.58 bits per heavy atom. The van der Waals surface area contributed by atoms with Crippen molar-refractivity contribution in [2.45, 2.75) is 6.18 Å². The van der Waals surface area contributed by atoms with E-state index in [0.29, 0.717) is 22.3 Å². The van der Waals surface area contributed by atoms with E-state index in [2.05, 4.69) is 10.1 Å². The fourth-order valence-corrected chi connectivity index (χ4v) is 2.89. The number of alkyl halides is 3. The van der Waals surface area contributed by atoms with Crippen LogP contribution in [0.4, 0.5) is 13.2 Å². The quantitative estimate of drug-likeness (QED) is 0.550. The normalized spacial score (nSPS) is 12.0. The van der Waals surface area contributed by atoms with E-state index in [0.717, 1.165) is 0 Å².